The Morgan fingerprint density at radius 1 is 0.923 bits per heavy atom. The fourth-order valence-corrected chi connectivity index (χ4v) is 4.39. The number of carbonyl (C=O) groups excluding carboxylic acids is 2. The minimum absolute atomic E-state index is 0.0248. The lowest BCUT2D eigenvalue weighted by atomic mass is 9.76. The number of anilines is 2. The zero-order valence-electron chi connectivity index (χ0n) is 25.0. The van der Waals surface area contributed by atoms with E-state index in [-0.39, 0.29) is 44.8 Å². The number of hydrogen-bond acceptors (Lipinski definition) is 4. The fourth-order valence-electron chi connectivity index (χ4n) is 4.17. The third-order valence-corrected chi connectivity index (χ3v) is 8.05. The van der Waals surface area contributed by atoms with Crippen molar-refractivity contribution in [2.45, 2.75) is 117 Å². The van der Waals surface area contributed by atoms with Crippen LogP contribution in [-0.2, 0) is 20.4 Å². The summed E-state index contributed by atoms with van der Waals surface area (Å²) in [5, 5.41) is 16.2. The largest absolute Gasteiger partial charge is 0.506 e. The van der Waals surface area contributed by atoms with E-state index in [0.717, 1.165) is 31.2 Å². The van der Waals surface area contributed by atoms with Gasteiger partial charge in [-0.1, -0.05) is 85.5 Å². The van der Waals surface area contributed by atoms with Gasteiger partial charge in [0.15, 0.2) is 6.10 Å². The minimum atomic E-state index is -0.747. The molecule has 1 unspecified atom stereocenters. The van der Waals surface area contributed by atoms with Gasteiger partial charge in [-0.05, 0) is 60.6 Å². The van der Waals surface area contributed by atoms with Gasteiger partial charge in [0.25, 0.3) is 5.91 Å². The standard InChI is InChI=1S/C32H47ClN2O4/c1-9-13-15-28(30(38)35-24-20-26(36)25(19-23(24)33)34-29(37)14-10-2)39-27-17-16-21(31(5,6)11-3)18-22(27)32(7,8)12-4/h16-20,28,36H,9-15H2,1-8H3,(H,34,37)(H,35,38). The van der Waals surface area contributed by atoms with Crippen molar-refractivity contribution in [3.8, 4) is 11.5 Å². The maximum absolute atomic E-state index is 13.5. The van der Waals surface area contributed by atoms with Gasteiger partial charge in [0, 0.05) is 18.1 Å². The zero-order valence-corrected chi connectivity index (χ0v) is 25.7. The normalized spacial score (nSPS) is 12.6. The van der Waals surface area contributed by atoms with E-state index < -0.39 is 6.10 Å². The van der Waals surface area contributed by atoms with E-state index in [4.69, 9.17) is 16.3 Å². The molecule has 0 aliphatic carbocycles. The quantitative estimate of drug-likeness (QED) is 0.202. The summed E-state index contributed by atoms with van der Waals surface area (Å²) >= 11 is 6.43. The molecule has 0 aliphatic heterocycles. The molecule has 39 heavy (non-hydrogen) atoms. The second-order valence-electron chi connectivity index (χ2n) is 11.6. The topological polar surface area (TPSA) is 87.7 Å². The molecular formula is C32H47ClN2O4. The molecule has 0 radical (unpaired) electrons. The molecule has 0 fully saturated rings. The lowest BCUT2D eigenvalue weighted by molar-refractivity contribution is -0.123. The molecule has 0 saturated heterocycles. The number of ether oxygens (including phenoxy) is 1. The Morgan fingerprint density at radius 2 is 1.59 bits per heavy atom. The summed E-state index contributed by atoms with van der Waals surface area (Å²) in [6.07, 6.45) is 4.46. The van der Waals surface area contributed by atoms with Gasteiger partial charge < -0.3 is 20.5 Å². The Balaban J connectivity index is 2.38. The Bertz CT molecular complexity index is 1140. The lowest BCUT2D eigenvalue weighted by Gasteiger charge is -2.31. The Kier molecular flexibility index (Phi) is 11.7. The number of hydrogen-bond donors (Lipinski definition) is 3. The first kappa shape index (κ1) is 32.5. The molecule has 2 aromatic carbocycles. The summed E-state index contributed by atoms with van der Waals surface area (Å²) in [5.74, 6) is -0.0263. The molecule has 6 nitrogen and oxygen atoms in total. The fraction of sp³-hybridized carbons (Fsp3) is 0.562. The number of aromatic hydroxyl groups is 1. The molecule has 0 heterocycles. The van der Waals surface area contributed by atoms with E-state index in [9.17, 15) is 14.7 Å². The van der Waals surface area contributed by atoms with Gasteiger partial charge in [-0.2, -0.15) is 0 Å². The molecular weight excluding hydrogens is 512 g/mol. The van der Waals surface area contributed by atoms with E-state index >= 15 is 0 Å². The van der Waals surface area contributed by atoms with Crippen molar-refractivity contribution in [2.24, 2.45) is 0 Å². The first-order valence-electron chi connectivity index (χ1n) is 14.2. The van der Waals surface area contributed by atoms with Crippen molar-refractivity contribution < 1.29 is 19.4 Å². The highest BCUT2D eigenvalue weighted by Crippen LogP contribution is 2.39. The predicted molar refractivity (Wildman–Crippen MR) is 162 cm³/mol. The van der Waals surface area contributed by atoms with E-state index in [2.05, 4.69) is 71.2 Å². The number of halogens is 1. The van der Waals surface area contributed by atoms with Crippen LogP contribution in [0, 0.1) is 0 Å². The molecule has 2 amide bonds. The number of benzene rings is 2. The molecule has 0 spiro atoms. The molecule has 7 heteroatoms. The second-order valence-corrected chi connectivity index (χ2v) is 12.0. The Labute approximate surface area is 239 Å². The molecule has 0 aromatic heterocycles. The van der Waals surface area contributed by atoms with Crippen LogP contribution in [0.5, 0.6) is 11.5 Å². The van der Waals surface area contributed by atoms with E-state index in [1.54, 1.807) is 0 Å². The second kappa shape index (κ2) is 14.1. The molecule has 0 bridgehead atoms. The van der Waals surface area contributed by atoms with Gasteiger partial charge in [0.05, 0.1) is 16.4 Å². The summed E-state index contributed by atoms with van der Waals surface area (Å²) in [6.45, 7) is 17.2. The van der Waals surface area contributed by atoms with Crippen LogP contribution in [0.4, 0.5) is 11.4 Å². The zero-order chi connectivity index (χ0) is 29.4. The number of unbranched alkanes of at least 4 members (excludes halogenated alkanes) is 1. The van der Waals surface area contributed by atoms with Crippen molar-refractivity contribution in [2.75, 3.05) is 10.6 Å². The summed E-state index contributed by atoms with van der Waals surface area (Å²) in [5.41, 5.74) is 2.67. The van der Waals surface area contributed by atoms with Gasteiger partial charge in [-0.3, -0.25) is 9.59 Å². The molecule has 216 valence electrons. The van der Waals surface area contributed by atoms with Gasteiger partial charge in [-0.25, -0.2) is 0 Å². The van der Waals surface area contributed by atoms with Crippen LogP contribution in [0.15, 0.2) is 30.3 Å². The molecule has 2 aromatic rings. The Morgan fingerprint density at radius 3 is 2.18 bits per heavy atom. The van der Waals surface area contributed by atoms with Crippen LogP contribution < -0.4 is 15.4 Å². The van der Waals surface area contributed by atoms with Gasteiger partial charge in [0.1, 0.15) is 11.5 Å². The molecule has 0 saturated carbocycles. The van der Waals surface area contributed by atoms with Crippen molar-refractivity contribution in [3.05, 3.63) is 46.5 Å². The van der Waals surface area contributed by atoms with Crippen molar-refractivity contribution in [3.63, 3.8) is 0 Å². The van der Waals surface area contributed by atoms with Crippen LogP contribution >= 0.6 is 11.6 Å². The van der Waals surface area contributed by atoms with Crippen LogP contribution in [0.25, 0.3) is 0 Å². The number of rotatable bonds is 14. The maximum atomic E-state index is 13.5. The van der Waals surface area contributed by atoms with Crippen LogP contribution in [0.3, 0.4) is 0 Å². The molecule has 1 atom stereocenters. The average molecular weight is 559 g/mol. The van der Waals surface area contributed by atoms with Gasteiger partial charge in [-0.15, -0.1) is 0 Å². The van der Waals surface area contributed by atoms with Crippen molar-refractivity contribution in [1.29, 1.82) is 0 Å². The first-order chi connectivity index (χ1) is 18.3. The van der Waals surface area contributed by atoms with E-state index in [1.807, 2.05) is 13.0 Å². The van der Waals surface area contributed by atoms with Crippen LogP contribution in [0.2, 0.25) is 5.02 Å². The average Bonchev–Trinajstić information content (AvgIpc) is 2.89. The van der Waals surface area contributed by atoms with E-state index in [1.165, 1.54) is 17.7 Å². The highest BCUT2D eigenvalue weighted by molar-refractivity contribution is 6.34. The lowest BCUT2D eigenvalue weighted by Crippen LogP contribution is -2.34. The number of phenols is 1. The number of phenolic OH excluding ortho intramolecular Hbond substituents is 1. The smallest absolute Gasteiger partial charge is 0.265 e. The van der Waals surface area contributed by atoms with E-state index in [0.29, 0.717) is 25.0 Å². The third-order valence-electron chi connectivity index (χ3n) is 7.73. The summed E-state index contributed by atoms with van der Waals surface area (Å²) in [4.78, 5) is 25.5. The number of nitrogens with one attached hydrogen (secondary N) is 2. The molecule has 2 rings (SSSR count). The first-order valence-corrected chi connectivity index (χ1v) is 14.6. The van der Waals surface area contributed by atoms with Gasteiger partial charge in [0.2, 0.25) is 5.91 Å². The minimum Gasteiger partial charge on any atom is -0.506 e. The van der Waals surface area contributed by atoms with Gasteiger partial charge >= 0.3 is 0 Å². The highest BCUT2D eigenvalue weighted by Gasteiger charge is 2.29. The summed E-state index contributed by atoms with van der Waals surface area (Å²) in [7, 11) is 0. The van der Waals surface area contributed by atoms with Crippen molar-refractivity contribution >= 4 is 34.8 Å². The third kappa shape index (κ3) is 8.63. The van der Waals surface area contributed by atoms with Crippen LogP contribution in [-0.4, -0.2) is 23.0 Å². The van der Waals surface area contributed by atoms with Crippen molar-refractivity contribution in [1.82, 2.24) is 0 Å². The van der Waals surface area contributed by atoms with Crippen LogP contribution in [0.1, 0.15) is 111 Å². The molecule has 3 N–H and O–H groups in total. The maximum Gasteiger partial charge on any atom is 0.265 e. The molecule has 0 aliphatic rings. The summed E-state index contributed by atoms with van der Waals surface area (Å²) in [6, 6.07) is 9.13. The Hall–Kier alpha value is -2.73. The highest BCUT2D eigenvalue weighted by atomic mass is 35.5. The monoisotopic (exact) mass is 558 g/mol. The number of carbonyl (C=O) groups is 2. The number of amides is 2. The predicted octanol–water partition coefficient (Wildman–Crippen LogP) is 8.74. The SMILES string of the molecule is CCCCC(Oc1ccc(C(C)(C)CC)cc1C(C)(C)CC)C(=O)Nc1cc(O)c(NC(=O)CCC)cc1Cl. The summed E-state index contributed by atoms with van der Waals surface area (Å²) < 4.78 is 6.47.